The van der Waals surface area contributed by atoms with E-state index < -0.39 is 11.2 Å². The molecule has 2 atom stereocenters. The van der Waals surface area contributed by atoms with Gasteiger partial charge in [0.1, 0.15) is 0 Å². The van der Waals surface area contributed by atoms with E-state index in [1.54, 1.807) is 0 Å². The van der Waals surface area contributed by atoms with E-state index in [9.17, 15) is 9.00 Å². The summed E-state index contributed by atoms with van der Waals surface area (Å²) in [6, 6.07) is 20.8. The van der Waals surface area contributed by atoms with Gasteiger partial charge in [0.2, 0.25) is 0 Å². The summed E-state index contributed by atoms with van der Waals surface area (Å²) >= 11 is 0.343. The minimum atomic E-state index is -0.682. The van der Waals surface area contributed by atoms with Crippen LogP contribution in [0.3, 0.4) is 0 Å². The molecule has 1 fully saturated rings. The number of rotatable bonds is 6. The molecule has 0 aromatic heterocycles. The van der Waals surface area contributed by atoms with Crippen LogP contribution >= 0.6 is 0 Å². The van der Waals surface area contributed by atoms with E-state index in [0.717, 1.165) is 0 Å². The van der Waals surface area contributed by atoms with Crippen LogP contribution in [0.2, 0.25) is 0 Å². The molecule has 0 radical (unpaired) electrons. The van der Waals surface area contributed by atoms with Crippen LogP contribution in [0.5, 0.6) is 0 Å². The summed E-state index contributed by atoms with van der Waals surface area (Å²) in [6.45, 7) is 4.88. The number of benzene rings is 2. The van der Waals surface area contributed by atoms with Crippen LogP contribution in [0.25, 0.3) is 0 Å². The predicted molar refractivity (Wildman–Crippen MR) is 103 cm³/mol. The highest BCUT2D eigenvalue weighted by Gasteiger charge is 2.60. The second-order valence-electron chi connectivity index (χ2n) is 7.18. The normalized spacial score (nSPS) is 20.2. The van der Waals surface area contributed by atoms with Gasteiger partial charge in [-0.15, -0.1) is 0 Å². The first-order valence-electron chi connectivity index (χ1n) is 8.73. The largest absolute Gasteiger partial charge is 0.475 e. The van der Waals surface area contributed by atoms with Gasteiger partial charge in [-0.3, -0.25) is 4.90 Å². The fraction of sp³-hybridized carbons (Fsp3) is 0.381. The van der Waals surface area contributed by atoms with E-state index in [2.05, 4.69) is 43.0 Å². The molecular formula is C21H24NO3S+. The maximum absolute atomic E-state index is 12.0. The van der Waals surface area contributed by atoms with Crippen molar-refractivity contribution in [1.29, 1.82) is 0 Å². The van der Waals surface area contributed by atoms with Gasteiger partial charge in [-0.2, -0.15) is 0 Å². The molecular weight excluding hydrogens is 346 g/mol. The van der Waals surface area contributed by atoms with Crippen LogP contribution in [0.4, 0.5) is 0 Å². The maximum atomic E-state index is 12.0. The number of nitrogens with zero attached hydrogens (tertiary/aromatic N) is 1. The van der Waals surface area contributed by atoms with Crippen LogP contribution in [-0.4, -0.2) is 35.3 Å². The molecule has 0 spiro atoms. The Bertz CT molecular complexity index is 724. The van der Waals surface area contributed by atoms with E-state index in [4.69, 9.17) is 4.74 Å². The lowest BCUT2D eigenvalue weighted by Crippen LogP contribution is -2.68. The van der Waals surface area contributed by atoms with Crippen molar-refractivity contribution in [2.75, 3.05) is 13.7 Å². The Kier molecular flexibility index (Phi) is 5.49. The number of methoxy groups -OCH3 is 1. The van der Waals surface area contributed by atoms with Crippen molar-refractivity contribution in [2.24, 2.45) is 5.92 Å². The zero-order valence-corrected chi connectivity index (χ0v) is 16.1. The van der Waals surface area contributed by atoms with E-state index in [1.165, 1.54) is 18.2 Å². The summed E-state index contributed by atoms with van der Waals surface area (Å²) in [5.41, 5.74) is 2.11. The average Bonchev–Trinajstić information content (AvgIpc) is 2.68. The number of carbonyl (C=O) groups excluding carboxylic acids is 1. The Balaban J connectivity index is 1.94. The highest BCUT2D eigenvalue weighted by atomic mass is 32.1. The second-order valence-corrected chi connectivity index (χ2v) is 7.88. The van der Waals surface area contributed by atoms with Crippen molar-refractivity contribution in [3.63, 3.8) is 0 Å². The number of ether oxygens (including phenoxy) is 1. The Morgan fingerprint density at radius 2 is 1.58 bits per heavy atom. The molecule has 0 amide bonds. The molecule has 0 bridgehead atoms. The van der Waals surface area contributed by atoms with Crippen LogP contribution in [0.1, 0.15) is 31.0 Å². The molecule has 3 rings (SSSR count). The van der Waals surface area contributed by atoms with Crippen molar-refractivity contribution >= 4 is 17.6 Å². The molecule has 2 aromatic rings. The van der Waals surface area contributed by atoms with Gasteiger partial charge in [0.25, 0.3) is 0 Å². The zero-order valence-electron chi connectivity index (χ0n) is 15.3. The maximum Gasteiger partial charge on any atom is 0.475 e. The molecule has 4 nitrogen and oxygen atoms in total. The smallest absolute Gasteiger partial charge is 0.465 e. The van der Waals surface area contributed by atoms with Gasteiger partial charge in [-0.05, 0) is 25.0 Å². The summed E-state index contributed by atoms with van der Waals surface area (Å²) in [7, 11) is 1.34. The van der Waals surface area contributed by atoms with Crippen LogP contribution < -0.4 is 0 Å². The Morgan fingerprint density at radius 3 is 1.96 bits per heavy atom. The first-order chi connectivity index (χ1) is 12.5. The quantitative estimate of drug-likeness (QED) is 0.577. The molecule has 5 heteroatoms. The van der Waals surface area contributed by atoms with Crippen molar-refractivity contribution in [3.8, 4) is 0 Å². The summed E-state index contributed by atoms with van der Waals surface area (Å²) in [5.74, 6) is -0.480. The summed E-state index contributed by atoms with van der Waals surface area (Å²) in [4.78, 5) is 14.4. The van der Waals surface area contributed by atoms with Crippen molar-refractivity contribution in [1.82, 2.24) is 4.90 Å². The molecule has 1 heterocycles. The number of carbonyl (C=O) groups is 1. The molecule has 1 saturated heterocycles. The lowest BCUT2D eigenvalue weighted by atomic mass is 9.72. The van der Waals surface area contributed by atoms with Crippen molar-refractivity contribution in [3.05, 3.63) is 71.8 Å². The Hall–Kier alpha value is -2.11. The number of likely N-dealkylation sites (tertiary alicyclic amines) is 1. The third-order valence-corrected chi connectivity index (χ3v) is 6.21. The van der Waals surface area contributed by atoms with Crippen LogP contribution in [0, 0.1) is 5.92 Å². The molecule has 0 saturated carbocycles. The number of esters is 1. The summed E-state index contributed by atoms with van der Waals surface area (Å²) < 4.78 is 16.4. The van der Waals surface area contributed by atoms with Gasteiger partial charge >= 0.3 is 22.9 Å². The molecule has 2 unspecified atom stereocenters. The zero-order chi connectivity index (χ0) is 18.7. The first kappa shape index (κ1) is 18.7. The second kappa shape index (κ2) is 7.64. The third kappa shape index (κ3) is 3.29. The highest BCUT2D eigenvalue weighted by Crippen LogP contribution is 2.46. The average molecular weight is 370 g/mol. The van der Waals surface area contributed by atoms with Gasteiger partial charge in [-0.1, -0.05) is 60.7 Å². The highest BCUT2D eigenvalue weighted by molar-refractivity contribution is 7.67. The first-order valence-corrected chi connectivity index (χ1v) is 9.54. The van der Waals surface area contributed by atoms with Crippen LogP contribution in [-0.2, 0) is 25.4 Å². The molecule has 2 aromatic carbocycles. The molecule has 1 aliphatic rings. The minimum Gasteiger partial charge on any atom is -0.465 e. The van der Waals surface area contributed by atoms with Crippen molar-refractivity contribution in [2.45, 2.75) is 30.7 Å². The van der Waals surface area contributed by atoms with Gasteiger partial charge in [0.15, 0.2) is 0 Å². The van der Waals surface area contributed by atoms with Crippen molar-refractivity contribution < 1.29 is 13.7 Å². The van der Waals surface area contributed by atoms with E-state index >= 15 is 0 Å². The third-order valence-electron chi connectivity index (χ3n) is 5.49. The van der Waals surface area contributed by atoms with E-state index in [0.29, 0.717) is 18.2 Å². The van der Waals surface area contributed by atoms with Gasteiger partial charge in [-0.25, -0.2) is 4.79 Å². The monoisotopic (exact) mass is 370 g/mol. The summed E-state index contributed by atoms with van der Waals surface area (Å²) in [5, 5.41) is -0.682. The number of hydrogen-bond donors (Lipinski definition) is 0. The fourth-order valence-electron chi connectivity index (χ4n) is 3.89. The van der Waals surface area contributed by atoms with Gasteiger partial charge in [0.05, 0.1) is 19.1 Å². The standard InChI is InChI=1S/C21H24NO3S/c1-21(2)17(19(26-24)20(23)25-3)14-22(21)18(15-10-6-4-7-11-15)16-12-8-5-9-13-16/h4-13,17-19H,14H2,1-3H3/q+1. The predicted octanol–water partition coefficient (Wildman–Crippen LogP) is 3.46. The van der Waals surface area contributed by atoms with E-state index in [-0.39, 0.29) is 17.5 Å². The summed E-state index contributed by atoms with van der Waals surface area (Å²) in [6.07, 6.45) is 0. The van der Waals surface area contributed by atoms with Gasteiger partial charge < -0.3 is 4.74 Å². The SMILES string of the molecule is COC(=O)C([S+]=O)C1CN(C(c2ccccc2)c2ccccc2)C1(C)C. The van der Waals surface area contributed by atoms with Crippen LogP contribution in [0.15, 0.2) is 60.7 Å². The molecule has 136 valence electrons. The fourth-order valence-corrected chi connectivity index (χ4v) is 4.61. The lowest BCUT2D eigenvalue weighted by molar-refractivity contribution is -0.148. The Labute approximate surface area is 158 Å². The molecule has 0 aliphatic carbocycles. The number of hydrogen-bond acceptors (Lipinski definition) is 4. The minimum absolute atomic E-state index is 0.0487. The molecule has 0 N–H and O–H groups in total. The Morgan fingerprint density at radius 1 is 1.08 bits per heavy atom. The topological polar surface area (TPSA) is 46.6 Å². The van der Waals surface area contributed by atoms with E-state index in [1.807, 2.05) is 36.4 Å². The van der Waals surface area contributed by atoms with Gasteiger partial charge in [0, 0.05) is 16.3 Å². The molecule has 1 aliphatic heterocycles. The lowest BCUT2D eigenvalue weighted by Gasteiger charge is -2.57. The molecule has 26 heavy (non-hydrogen) atoms.